The summed E-state index contributed by atoms with van der Waals surface area (Å²) in [5.74, 6) is 9.10. The molecular weight excluding hydrogens is 340 g/mol. The van der Waals surface area contributed by atoms with E-state index in [2.05, 4.69) is 62.1 Å². The van der Waals surface area contributed by atoms with E-state index in [-0.39, 0.29) is 0 Å². The van der Waals surface area contributed by atoms with Crippen LogP contribution >= 0.6 is 0 Å². The normalized spacial score (nSPS) is 18.9. The van der Waals surface area contributed by atoms with Gasteiger partial charge in [-0.2, -0.15) is 0 Å². The van der Waals surface area contributed by atoms with Crippen LogP contribution in [-0.4, -0.2) is 6.61 Å². The van der Waals surface area contributed by atoms with Gasteiger partial charge in [-0.1, -0.05) is 62.8 Å². The topological polar surface area (TPSA) is 9.23 Å². The largest absolute Gasteiger partial charge is 0.494 e. The number of hydrogen-bond acceptors (Lipinski definition) is 1. The molecule has 0 spiro atoms. The summed E-state index contributed by atoms with van der Waals surface area (Å²) < 4.78 is 5.72. The average molecular weight is 375 g/mol. The highest BCUT2D eigenvalue weighted by atomic mass is 16.5. The summed E-state index contributed by atoms with van der Waals surface area (Å²) in [7, 11) is 0. The Balaban J connectivity index is 1.48. The molecule has 1 fully saturated rings. The summed E-state index contributed by atoms with van der Waals surface area (Å²) in [6.45, 7) is 5.22. The van der Waals surface area contributed by atoms with Crippen molar-refractivity contribution < 1.29 is 4.74 Å². The van der Waals surface area contributed by atoms with Crippen LogP contribution in [0.15, 0.2) is 48.5 Å². The minimum Gasteiger partial charge on any atom is -0.494 e. The molecule has 3 rings (SSSR count). The number of unbranched alkanes of at least 4 members (excludes halogenated alkanes) is 1. The second kappa shape index (κ2) is 11.0. The van der Waals surface area contributed by atoms with Gasteiger partial charge in [0.05, 0.1) is 6.61 Å². The van der Waals surface area contributed by atoms with Crippen LogP contribution in [0.1, 0.15) is 81.4 Å². The van der Waals surface area contributed by atoms with E-state index in [4.69, 9.17) is 4.74 Å². The predicted octanol–water partition coefficient (Wildman–Crippen LogP) is 7.14. The van der Waals surface area contributed by atoms with Crippen molar-refractivity contribution in [2.75, 3.05) is 6.61 Å². The van der Waals surface area contributed by atoms with Gasteiger partial charge in [0.2, 0.25) is 0 Å². The Kier molecular flexibility index (Phi) is 8.04. The Morgan fingerprint density at radius 1 is 0.857 bits per heavy atom. The van der Waals surface area contributed by atoms with Gasteiger partial charge in [0.15, 0.2) is 0 Å². The molecule has 0 aliphatic heterocycles. The number of hydrogen-bond donors (Lipinski definition) is 0. The molecule has 0 N–H and O–H groups in total. The van der Waals surface area contributed by atoms with Crippen LogP contribution in [0.25, 0.3) is 0 Å². The highest BCUT2D eigenvalue weighted by molar-refractivity contribution is 5.38. The molecule has 2 aromatic carbocycles. The first-order valence-electron chi connectivity index (χ1n) is 11.1. The first kappa shape index (κ1) is 20.5. The molecule has 0 saturated heterocycles. The summed E-state index contributed by atoms with van der Waals surface area (Å²) in [4.78, 5) is 0. The Labute approximate surface area is 171 Å². The first-order valence-corrected chi connectivity index (χ1v) is 11.1. The van der Waals surface area contributed by atoms with E-state index in [0.29, 0.717) is 11.8 Å². The molecule has 0 amide bonds. The maximum absolute atomic E-state index is 5.72. The van der Waals surface area contributed by atoms with E-state index in [1.54, 1.807) is 0 Å². The fraction of sp³-hybridized carbons (Fsp3) is 0.481. The molecule has 28 heavy (non-hydrogen) atoms. The molecule has 1 heteroatoms. The van der Waals surface area contributed by atoms with Crippen LogP contribution in [0, 0.1) is 17.8 Å². The van der Waals surface area contributed by atoms with Gasteiger partial charge in [0, 0.05) is 11.5 Å². The quantitative estimate of drug-likeness (QED) is 0.369. The molecule has 1 aliphatic rings. The van der Waals surface area contributed by atoms with Gasteiger partial charge in [-0.15, -0.1) is 0 Å². The minimum absolute atomic E-state index is 0.538. The van der Waals surface area contributed by atoms with Gasteiger partial charge in [-0.3, -0.25) is 0 Å². The molecule has 2 aromatic rings. The fourth-order valence-corrected chi connectivity index (χ4v) is 3.97. The van der Waals surface area contributed by atoms with E-state index >= 15 is 0 Å². The van der Waals surface area contributed by atoms with E-state index in [9.17, 15) is 0 Å². The van der Waals surface area contributed by atoms with Crippen LogP contribution in [0.4, 0.5) is 0 Å². The smallest absolute Gasteiger partial charge is 0.119 e. The summed E-state index contributed by atoms with van der Waals surface area (Å²) in [6, 6.07) is 17.6. The minimum atomic E-state index is 0.538. The number of ether oxygens (including phenoxy) is 1. The molecule has 0 atom stereocenters. The Hall–Kier alpha value is -2.20. The van der Waals surface area contributed by atoms with Crippen LogP contribution in [-0.2, 0) is 6.42 Å². The lowest BCUT2D eigenvalue weighted by Gasteiger charge is -2.26. The Morgan fingerprint density at radius 3 is 2.21 bits per heavy atom. The standard InChI is InChI=1S/C27H34O/c1-3-5-21-28-27-19-13-24(14-20-27)8-7-23-11-17-26(18-12-23)25-15-9-22(6-4-2)10-16-25/h9-10,13-16,19-20,23,26H,3-6,11-12,17-18,21H2,1-2H3. The molecule has 0 bridgehead atoms. The lowest BCUT2D eigenvalue weighted by Crippen LogP contribution is -2.12. The average Bonchev–Trinajstić information content (AvgIpc) is 2.75. The third-order valence-electron chi connectivity index (χ3n) is 5.76. The summed E-state index contributed by atoms with van der Waals surface area (Å²) in [5, 5.41) is 0. The summed E-state index contributed by atoms with van der Waals surface area (Å²) in [6.07, 6.45) is 9.63. The third kappa shape index (κ3) is 6.16. The maximum atomic E-state index is 5.72. The van der Waals surface area contributed by atoms with Gasteiger partial charge >= 0.3 is 0 Å². The molecule has 148 valence electrons. The summed E-state index contributed by atoms with van der Waals surface area (Å²) in [5.41, 5.74) is 4.08. The highest BCUT2D eigenvalue weighted by Gasteiger charge is 2.21. The van der Waals surface area contributed by atoms with Gasteiger partial charge in [0.25, 0.3) is 0 Å². The Bertz CT molecular complexity index is 753. The lowest BCUT2D eigenvalue weighted by atomic mass is 9.79. The number of aryl methyl sites for hydroxylation is 1. The van der Waals surface area contributed by atoms with E-state index < -0.39 is 0 Å². The molecule has 0 unspecified atom stereocenters. The van der Waals surface area contributed by atoms with Gasteiger partial charge in [0.1, 0.15) is 5.75 Å². The fourth-order valence-electron chi connectivity index (χ4n) is 3.97. The second-order valence-electron chi connectivity index (χ2n) is 8.04. The highest BCUT2D eigenvalue weighted by Crippen LogP contribution is 2.35. The van der Waals surface area contributed by atoms with Crippen molar-refractivity contribution in [1.29, 1.82) is 0 Å². The van der Waals surface area contributed by atoms with Crippen molar-refractivity contribution in [2.45, 2.75) is 71.1 Å². The molecule has 1 nitrogen and oxygen atoms in total. The molecule has 0 radical (unpaired) electrons. The first-order chi connectivity index (χ1) is 13.8. The van der Waals surface area contributed by atoms with Gasteiger partial charge < -0.3 is 4.74 Å². The van der Waals surface area contributed by atoms with Crippen LogP contribution in [0.5, 0.6) is 5.75 Å². The number of benzene rings is 2. The van der Waals surface area contributed by atoms with Crippen molar-refractivity contribution in [3.63, 3.8) is 0 Å². The SMILES string of the molecule is CCCCOc1ccc(C#CC2CCC(c3ccc(CCC)cc3)CC2)cc1. The van der Waals surface area contributed by atoms with Crippen molar-refractivity contribution in [2.24, 2.45) is 5.92 Å². The zero-order chi connectivity index (χ0) is 19.6. The second-order valence-corrected chi connectivity index (χ2v) is 8.04. The number of rotatable bonds is 7. The molecule has 1 aliphatic carbocycles. The van der Waals surface area contributed by atoms with Crippen LogP contribution < -0.4 is 4.74 Å². The zero-order valence-electron chi connectivity index (χ0n) is 17.5. The monoisotopic (exact) mass is 374 g/mol. The molecule has 0 aromatic heterocycles. The summed E-state index contributed by atoms with van der Waals surface area (Å²) >= 11 is 0. The molecule has 1 saturated carbocycles. The van der Waals surface area contributed by atoms with Crippen molar-refractivity contribution in [1.82, 2.24) is 0 Å². The van der Waals surface area contributed by atoms with E-state index in [1.165, 1.54) is 49.7 Å². The molecule has 0 heterocycles. The van der Waals surface area contributed by atoms with Crippen molar-refractivity contribution in [3.05, 3.63) is 65.2 Å². The van der Waals surface area contributed by atoms with Gasteiger partial charge in [-0.25, -0.2) is 0 Å². The van der Waals surface area contributed by atoms with Gasteiger partial charge in [-0.05, 0) is 79.8 Å². The van der Waals surface area contributed by atoms with Crippen molar-refractivity contribution >= 4 is 0 Å². The zero-order valence-corrected chi connectivity index (χ0v) is 17.5. The van der Waals surface area contributed by atoms with Crippen LogP contribution in [0.2, 0.25) is 0 Å². The lowest BCUT2D eigenvalue weighted by molar-refractivity contribution is 0.309. The predicted molar refractivity (Wildman–Crippen MR) is 119 cm³/mol. The Morgan fingerprint density at radius 2 is 1.57 bits per heavy atom. The van der Waals surface area contributed by atoms with E-state index in [1.807, 2.05) is 12.1 Å². The van der Waals surface area contributed by atoms with E-state index in [0.717, 1.165) is 30.8 Å². The third-order valence-corrected chi connectivity index (χ3v) is 5.76. The maximum Gasteiger partial charge on any atom is 0.119 e. The van der Waals surface area contributed by atoms with Crippen molar-refractivity contribution in [3.8, 4) is 17.6 Å². The van der Waals surface area contributed by atoms with Crippen LogP contribution in [0.3, 0.4) is 0 Å². The molecular formula is C27H34O.